The Labute approximate surface area is 209 Å². The van der Waals surface area contributed by atoms with E-state index < -0.39 is 0 Å². The largest absolute Gasteiger partial charge is 0.487 e. The minimum Gasteiger partial charge on any atom is -0.487 e. The first-order valence-electron chi connectivity index (χ1n) is 11.3. The molecular weight excluding hydrogens is 464 g/mol. The molecule has 8 nitrogen and oxygen atoms in total. The molecule has 0 saturated heterocycles. The normalized spacial score (nSPS) is 11.7. The molecule has 9 heteroatoms. The van der Waals surface area contributed by atoms with Crippen molar-refractivity contribution in [2.45, 2.75) is 53.6 Å². The van der Waals surface area contributed by atoms with Crippen LogP contribution in [0.4, 0.5) is 0 Å². The maximum absolute atomic E-state index is 13.4. The highest BCUT2D eigenvalue weighted by molar-refractivity contribution is 6.32. The molecule has 0 aliphatic carbocycles. The second-order valence-corrected chi connectivity index (χ2v) is 10.1. The second-order valence-electron chi connectivity index (χ2n) is 9.68. The lowest BCUT2D eigenvalue weighted by Crippen LogP contribution is -2.24. The molecule has 0 fully saturated rings. The van der Waals surface area contributed by atoms with Crippen LogP contribution in [0.15, 0.2) is 41.6 Å². The third kappa shape index (κ3) is 4.98. The summed E-state index contributed by atoms with van der Waals surface area (Å²) < 4.78 is 9.21. The van der Waals surface area contributed by atoms with Crippen LogP contribution in [0.2, 0.25) is 5.02 Å². The smallest absolute Gasteiger partial charge is 0.261 e. The Morgan fingerprint density at radius 3 is 2.49 bits per heavy atom. The molecule has 0 amide bonds. The van der Waals surface area contributed by atoms with Crippen LogP contribution < -0.4 is 10.3 Å². The third-order valence-corrected chi connectivity index (χ3v) is 5.98. The number of rotatable bonds is 5. The minimum atomic E-state index is -0.215. The average molecular weight is 493 g/mol. The number of ether oxygens (including phenoxy) is 1. The van der Waals surface area contributed by atoms with Gasteiger partial charge in [-0.1, -0.05) is 32.4 Å². The van der Waals surface area contributed by atoms with Crippen molar-refractivity contribution in [2.24, 2.45) is 7.05 Å². The Bertz CT molecular complexity index is 1470. The van der Waals surface area contributed by atoms with Crippen molar-refractivity contribution in [1.29, 1.82) is 0 Å². The lowest BCUT2D eigenvalue weighted by molar-refractivity contribution is 0.296. The number of nitrogens with zero attached hydrogens (tertiary/aromatic N) is 6. The van der Waals surface area contributed by atoms with E-state index in [9.17, 15) is 4.79 Å². The summed E-state index contributed by atoms with van der Waals surface area (Å²) in [4.78, 5) is 27.2. The highest BCUT2D eigenvalue weighted by Gasteiger charge is 2.21. The molecule has 4 heterocycles. The van der Waals surface area contributed by atoms with Crippen molar-refractivity contribution < 1.29 is 4.74 Å². The van der Waals surface area contributed by atoms with Crippen molar-refractivity contribution >= 4 is 11.6 Å². The van der Waals surface area contributed by atoms with E-state index in [1.165, 1.54) is 0 Å². The van der Waals surface area contributed by atoms with Crippen LogP contribution in [0.1, 0.15) is 49.1 Å². The average Bonchev–Trinajstić information content (AvgIpc) is 3.21. The quantitative estimate of drug-likeness (QED) is 0.394. The molecule has 35 heavy (non-hydrogen) atoms. The maximum atomic E-state index is 13.4. The molecule has 182 valence electrons. The number of hydrogen-bond donors (Lipinski definition) is 0. The summed E-state index contributed by atoms with van der Waals surface area (Å²) in [6.45, 7) is 12.0. The molecule has 0 spiro atoms. The number of aromatic nitrogens is 6. The zero-order valence-electron chi connectivity index (χ0n) is 21.0. The summed E-state index contributed by atoms with van der Waals surface area (Å²) in [6, 6.07) is 5.51. The summed E-state index contributed by atoms with van der Waals surface area (Å²) in [6.07, 6.45) is 5.20. The molecule has 0 radical (unpaired) electrons. The van der Waals surface area contributed by atoms with Crippen molar-refractivity contribution in [3.8, 4) is 22.8 Å². The first-order valence-corrected chi connectivity index (χ1v) is 11.7. The van der Waals surface area contributed by atoms with E-state index in [1.54, 1.807) is 34.6 Å². The summed E-state index contributed by atoms with van der Waals surface area (Å²) in [5.41, 5.74) is 4.27. The molecule has 0 aliphatic rings. The SMILES string of the molecule is Cc1cnc(C(C)(C)C)nc1-c1cc(-n2c(C)cc(OCc3ccn(C)n3)c(C)c2=O)c(Cl)cn1. The summed E-state index contributed by atoms with van der Waals surface area (Å²) >= 11 is 6.54. The Hall–Kier alpha value is -3.52. The van der Waals surface area contributed by atoms with Gasteiger partial charge in [-0.25, -0.2) is 9.97 Å². The lowest BCUT2D eigenvalue weighted by Gasteiger charge is -2.19. The fourth-order valence-corrected chi connectivity index (χ4v) is 3.92. The highest BCUT2D eigenvalue weighted by atomic mass is 35.5. The van der Waals surface area contributed by atoms with E-state index in [1.807, 2.05) is 39.2 Å². The predicted octanol–water partition coefficient (Wildman–Crippen LogP) is 4.88. The molecule has 4 rings (SSSR count). The van der Waals surface area contributed by atoms with Crippen molar-refractivity contribution in [3.05, 3.63) is 80.5 Å². The Kier molecular flexibility index (Phi) is 6.51. The van der Waals surface area contributed by atoms with Crippen LogP contribution >= 0.6 is 11.6 Å². The molecule has 0 atom stereocenters. The van der Waals surface area contributed by atoms with Crippen molar-refractivity contribution in [3.63, 3.8) is 0 Å². The first-order chi connectivity index (χ1) is 16.5. The molecule has 4 aromatic heterocycles. The third-order valence-electron chi connectivity index (χ3n) is 5.69. The Morgan fingerprint density at radius 1 is 1.09 bits per heavy atom. The van der Waals surface area contributed by atoms with Crippen molar-refractivity contribution in [1.82, 2.24) is 29.3 Å². The Balaban J connectivity index is 1.76. The standard InChI is InChI=1S/C26H29ClN6O2/c1-15-12-29-25(26(4,5)6)30-23(15)20-11-21(19(27)13-28-20)33-16(2)10-22(17(3)24(33)34)35-14-18-8-9-32(7)31-18/h8-13H,14H2,1-7H3. The summed E-state index contributed by atoms with van der Waals surface area (Å²) in [5.74, 6) is 1.23. The van der Waals surface area contributed by atoms with E-state index >= 15 is 0 Å². The zero-order valence-corrected chi connectivity index (χ0v) is 21.8. The molecule has 4 aromatic rings. The molecule has 0 unspecified atom stereocenters. The van der Waals surface area contributed by atoms with Gasteiger partial charge >= 0.3 is 0 Å². The summed E-state index contributed by atoms with van der Waals surface area (Å²) in [5, 5.41) is 4.68. The van der Waals surface area contributed by atoms with Gasteiger partial charge in [-0.05, 0) is 38.5 Å². The molecule has 0 saturated carbocycles. The molecule has 0 N–H and O–H groups in total. The Morgan fingerprint density at radius 2 is 1.83 bits per heavy atom. The fraction of sp³-hybridized carbons (Fsp3) is 0.346. The molecule has 0 aliphatic heterocycles. The van der Waals surface area contributed by atoms with E-state index in [0.29, 0.717) is 39.1 Å². The predicted molar refractivity (Wildman–Crippen MR) is 136 cm³/mol. The number of halogens is 1. The topological polar surface area (TPSA) is 87.7 Å². The van der Waals surface area contributed by atoms with E-state index in [2.05, 4.69) is 35.8 Å². The zero-order chi connectivity index (χ0) is 25.5. The van der Waals surface area contributed by atoms with Gasteiger partial charge < -0.3 is 4.74 Å². The first kappa shape index (κ1) is 24.6. The van der Waals surface area contributed by atoms with Crippen LogP contribution in [0, 0.1) is 20.8 Å². The van der Waals surface area contributed by atoms with E-state index in [4.69, 9.17) is 21.3 Å². The van der Waals surface area contributed by atoms with Crippen LogP contribution in [-0.2, 0) is 19.1 Å². The molecule has 0 bridgehead atoms. The molecular formula is C26H29ClN6O2. The summed E-state index contributed by atoms with van der Waals surface area (Å²) in [7, 11) is 1.85. The van der Waals surface area contributed by atoms with Gasteiger partial charge in [0.2, 0.25) is 0 Å². The van der Waals surface area contributed by atoms with E-state index in [0.717, 1.165) is 17.1 Å². The number of pyridine rings is 2. The van der Waals surface area contributed by atoms with E-state index in [-0.39, 0.29) is 17.6 Å². The lowest BCUT2D eigenvalue weighted by atomic mass is 9.95. The van der Waals surface area contributed by atoms with Crippen molar-refractivity contribution in [2.75, 3.05) is 0 Å². The van der Waals surface area contributed by atoms with Gasteiger partial charge in [0.05, 0.1) is 33.4 Å². The van der Waals surface area contributed by atoms with Crippen LogP contribution in [-0.4, -0.2) is 29.3 Å². The fourth-order valence-electron chi connectivity index (χ4n) is 3.73. The van der Waals surface area contributed by atoms with Gasteiger partial charge in [0.1, 0.15) is 18.2 Å². The highest BCUT2D eigenvalue weighted by Crippen LogP contribution is 2.29. The van der Waals surface area contributed by atoms with Crippen LogP contribution in [0.5, 0.6) is 5.75 Å². The van der Waals surface area contributed by atoms with Gasteiger partial charge in [0.25, 0.3) is 5.56 Å². The monoisotopic (exact) mass is 492 g/mol. The van der Waals surface area contributed by atoms with Gasteiger partial charge in [-0.15, -0.1) is 0 Å². The van der Waals surface area contributed by atoms with Crippen LogP contribution in [0.3, 0.4) is 0 Å². The van der Waals surface area contributed by atoms with Crippen LogP contribution in [0.25, 0.3) is 17.1 Å². The number of aryl methyl sites for hydroxylation is 3. The van der Waals surface area contributed by atoms with Gasteiger partial charge in [-0.2, -0.15) is 5.10 Å². The minimum absolute atomic E-state index is 0.213. The number of hydrogen-bond acceptors (Lipinski definition) is 6. The van der Waals surface area contributed by atoms with Gasteiger partial charge in [-0.3, -0.25) is 19.0 Å². The molecule has 0 aromatic carbocycles. The maximum Gasteiger partial charge on any atom is 0.261 e. The van der Waals surface area contributed by atoms with Gasteiger partial charge in [0, 0.05) is 42.8 Å². The van der Waals surface area contributed by atoms with Gasteiger partial charge in [0.15, 0.2) is 0 Å². The second kappa shape index (κ2) is 9.26.